The summed E-state index contributed by atoms with van der Waals surface area (Å²) in [6.07, 6.45) is 2.11. The topological polar surface area (TPSA) is 73.9 Å². The predicted octanol–water partition coefficient (Wildman–Crippen LogP) is 2.40. The minimum atomic E-state index is -0.565. The molecule has 0 aliphatic carbocycles. The Hall–Kier alpha value is -1.17. The summed E-state index contributed by atoms with van der Waals surface area (Å²) in [4.78, 5) is 0. The highest BCUT2D eigenvalue weighted by Gasteiger charge is 2.24. The Kier molecular flexibility index (Phi) is 6.39. The van der Waals surface area contributed by atoms with Crippen molar-refractivity contribution in [3.8, 4) is 17.2 Å². The van der Waals surface area contributed by atoms with Gasteiger partial charge in [-0.05, 0) is 24.1 Å². The maximum Gasteiger partial charge on any atom is 0.231 e. The van der Waals surface area contributed by atoms with Gasteiger partial charge in [0.2, 0.25) is 12.5 Å². The molecule has 0 aromatic heterocycles. The van der Waals surface area contributed by atoms with Crippen LogP contribution in [0.5, 0.6) is 17.2 Å². The van der Waals surface area contributed by atoms with E-state index in [1.165, 1.54) is 0 Å². The second kappa shape index (κ2) is 7.57. The third-order valence-electron chi connectivity index (χ3n) is 3.33. The molecule has 0 amide bonds. The van der Waals surface area contributed by atoms with E-state index in [0.717, 1.165) is 18.4 Å². The van der Waals surface area contributed by atoms with Gasteiger partial charge in [0, 0.05) is 0 Å². The molecule has 1 aromatic carbocycles. The molecule has 3 N–H and O–H groups in total. The summed E-state index contributed by atoms with van der Waals surface area (Å²) in [7, 11) is 1.57. The highest BCUT2D eigenvalue weighted by molar-refractivity contribution is 5.85. The zero-order chi connectivity index (χ0) is 13.8. The molecule has 2 rings (SSSR count). The third kappa shape index (κ3) is 3.48. The minimum absolute atomic E-state index is 0. The zero-order valence-electron chi connectivity index (χ0n) is 11.8. The van der Waals surface area contributed by atoms with E-state index in [4.69, 9.17) is 19.9 Å². The molecular weight excluding hydrogens is 282 g/mol. The number of nitrogens with two attached hydrogens (primary N) is 1. The van der Waals surface area contributed by atoms with Crippen LogP contribution >= 0.6 is 12.4 Å². The van der Waals surface area contributed by atoms with Crippen molar-refractivity contribution in [2.24, 2.45) is 5.73 Å². The largest absolute Gasteiger partial charge is 0.493 e. The molecule has 1 heterocycles. The summed E-state index contributed by atoms with van der Waals surface area (Å²) in [5.41, 5.74) is 6.89. The molecule has 5 nitrogen and oxygen atoms in total. The lowest BCUT2D eigenvalue weighted by Crippen LogP contribution is -2.26. The third-order valence-corrected chi connectivity index (χ3v) is 3.33. The van der Waals surface area contributed by atoms with Gasteiger partial charge in [-0.15, -0.1) is 12.4 Å². The van der Waals surface area contributed by atoms with Crippen molar-refractivity contribution in [1.29, 1.82) is 0 Å². The van der Waals surface area contributed by atoms with E-state index in [1.807, 2.05) is 6.07 Å². The van der Waals surface area contributed by atoms with Crippen molar-refractivity contribution in [1.82, 2.24) is 0 Å². The number of ether oxygens (including phenoxy) is 3. The number of methoxy groups -OCH3 is 1. The van der Waals surface area contributed by atoms with Crippen molar-refractivity contribution in [3.63, 3.8) is 0 Å². The smallest absolute Gasteiger partial charge is 0.231 e. The molecule has 6 heteroatoms. The van der Waals surface area contributed by atoms with Gasteiger partial charge in [0.25, 0.3) is 0 Å². The van der Waals surface area contributed by atoms with E-state index in [-0.39, 0.29) is 19.2 Å². The summed E-state index contributed by atoms with van der Waals surface area (Å²) in [5, 5.41) is 10.1. The van der Waals surface area contributed by atoms with Crippen molar-refractivity contribution in [2.75, 3.05) is 13.9 Å². The van der Waals surface area contributed by atoms with Gasteiger partial charge < -0.3 is 25.1 Å². The second-order valence-electron chi connectivity index (χ2n) is 4.69. The molecule has 0 fully saturated rings. The summed E-state index contributed by atoms with van der Waals surface area (Å²) < 4.78 is 15.9. The lowest BCUT2D eigenvalue weighted by Gasteiger charge is -2.20. The molecule has 0 spiro atoms. The molecule has 1 aromatic rings. The maximum atomic E-state index is 10.1. The van der Waals surface area contributed by atoms with Crippen LogP contribution in [0.3, 0.4) is 0 Å². The maximum absolute atomic E-state index is 10.1. The van der Waals surface area contributed by atoms with E-state index in [1.54, 1.807) is 13.2 Å². The minimum Gasteiger partial charge on any atom is -0.493 e. The van der Waals surface area contributed by atoms with Crippen LogP contribution in [0.2, 0.25) is 0 Å². The summed E-state index contributed by atoms with van der Waals surface area (Å²) >= 11 is 0. The van der Waals surface area contributed by atoms with Gasteiger partial charge in [-0.1, -0.05) is 19.8 Å². The van der Waals surface area contributed by atoms with Crippen LogP contribution < -0.4 is 19.9 Å². The van der Waals surface area contributed by atoms with E-state index >= 15 is 0 Å². The molecule has 20 heavy (non-hydrogen) atoms. The fourth-order valence-corrected chi connectivity index (χ4v) is 2.16. The van der Waals surface area contributed by atoms with Crippen molar-refractivity contribution in [2.45, 2.75) is 38.3 Å². The molecule has 1 aliphatic rings. The van der Waals surface area contributed by atoms with Crippen molar-refractivity contribution in [3.05, 3.63) is 17.7 Å². The first-order valence-electron chi connectivity index (χ1n) is 6.58. The Bertz CT molecular complexity index is 441. The first kappa shape index (κ1) is 16.9. The number of aliphatic hydroxyl groups excluding tert-OH is 1. The van der Waals surface area contributed by atoms with Gasteiger partial charge in [0.15, 0.2) is 11.5 Å². The molecular formula is C14H22ClNO4. The molecule has 0 bridgehead atoms. The van der Waals surface area contributed by atoms with Gasteiger partial charge in [-0.25, -0.2) is 0 Å². The van der Waals surface area contributed by atoms with Gasteiger partial charge >= 0.3 is 0 Å². The number of fused-ring (bicyclic) bond motifs is 1. The summed E-state index contributed by atoms with van der Waals surface area (Å²) in [6.45, 7) is 2.27. The Balaban J connectivity index is 0.00000200. The lowest BCUT2D eigenvalue weighted by atomic mass is 9.97. The number of rotatable bonds is 6. The SMILES string of the molecule is CCCC[C@H](O)[C@H](N)c1cc(OC)c2c(c1)OCO2.Cl. The highest BCUT2D eigenvalue weighted by atomic mass is 35.5. The van der Waals surface area contributed by atoms with Crippen LogP contribution in [0, 0.1) is 0 Å². The monoisotopic (exact) mass is 303 g/mol. The molecule has 0 saturated heterocycles. The number of hydrogen-bond donors (Lipinski definition) is 2. The van der Waals surface area contributed by atoms with Crippen LogP contribution in [0.25, 0.3) is 0 Å². The predicted molar refractivity (Wildman–Crippen MR) is 78.8 cm³/mol. The summed E-state index contributed by atoms with van der Waals surface area (Å²) in [6, 6.07) is 3.16. The van der Waals surface area contributed by atoms with E-state index < -0.39 is 12.1 Å². The second-order valence-corrected chi connectivity index (χ2v) is 4.69. The number of aliphatic hydroxyl groups is 1. The quantitative estimate of drug-likeness (QED) is 0.844. The fraction of sp³-hybridized carbons (Fsp3) is 0.571. The van der Waals surface area contributed by atoms with E-state index in [9.17, 15) is 5.11 Å². The Morgan fingerprint density at radius 2 is 2.15 bits per heavy atom. The number of unbranched alkanes of at least 4 members (excludes halogenated alkanes) is 1. The van der Waals surface area contributed by atoms with Gasteiger partial charge in [-0.3, -0.25) is 0 Å². The molecule has 114 valence electrons. The Morgan fingerprint density at radius 3 is 2.80 bits per heavy atom. The average Bonchev–Trinajstić information content (AvgIpc) is 2.90. The van der Waals surface area contributed by atoms with E-state index in [2.05, 4.69) is 6.92 Å². The molecule has 0 radical (unpaired) electrons. The van der Waals surface area contributed by atoms with Gasteiger partial charge in [0.1, 0.15) is 0 Å². The number of hydrogen-bond acceptors (Lipinski definition) is 5. The summed E-state index contributed by atoms with van der Waals surface area (Å²) in [5.74, 6) is 1.80. The zero-order valence-corrected chi connectivity index (χ0v) is 12.6. The van der Waals surface area contributed by atoms with Gasteiger partial charge in [-0.2, -0.15) is 0 Å². The number of halogens is 1. The first-order chi connectivity index (χ1) is 9.17. The van der Waals surface area contributed by atoms with Crippen LogP contribution in [0.1, 0.15) is 37.8 Å². The normalized spacial score (nSPS) is 15.4. The van der Waals surface area contributed by atoms with Crippen molar-refractivity contribution >= 4 is 12.4 Å². The highest BCUT2D eigenvalue weighted by Crippen LogP contribution is 2.43. The fourth-order valence-electron chi connectivity index (χ4n) is 2.16. The molecule has 0 saturated carbocycles. The van der Waals surface area contributed by atoms with Gasteiger partial charge in [0.05, 0.1) is 19.3 Å². The van der Waals surface area contributed by atoms with Crippen LogP contribution in [0.15, 0.2) is 12.1 Å². The van der Waals surface area contributed by atoms with Crippen LogP contribution in [-0.4, -0.2) is 25.1 Å². The lowest BCUT2D eigenvalue weighted by molar-refractivity contribution is 0.132. The van der Waals surface area contributed by atoms with E-state index in [0.29, 0.717) is 23.7 Å². The Labute approximate surface area is 125 Å². The first-order valence-corrected chi connectivity index (χ1v) is 6.58. The Morgan fingerprint density at radius 1 is 1.40 bits per heavy atom. The molecule has 0 unspecified atom stereocenters. The van der Waals surface area contributed by atoms with Crippen molar-refractivity contribution < 1.29 is 19.3 Å². The molecule has 2 atom stereocenters. The van der Waals surface area contributed by atoms with Crippen LogP contribution in [0.4, 0.5) is 0 Å². The molecule has 1 aliphatic heterocycles. The average molecular weight is 304 g/mol. The number of benzene rings is 1. The van der Waals surface area contributed by atoms with Crippen LogP contribution in [-0.2, 0) is 0 Å². The standard InChI is InChI=1S/C14H21NO4.ClH/c1-3-4-5-10(16)13(15)9-6-11(17-2)14-12(7-9)18-8-19-14;/h6-7,10,13,16H,3-5,8,15H2,1-2H3;1H/t10-,13+;/m0./s1.